The molecule has 0 radical (unpaired) electrons. The molecule has 0 aromatic heterocycles. The lowest BCUT2D eigenvalue weighted by Crippen LogP contribution is -2.45. The molecule has 1 aliphatic rings. The number of hydrogen-bond donors (Lipinski definition) is 2. The van der Waals surface area contributed by atoms with Crippen molar-refractivity contribution >= 4 is 45.8 Å². The maximum absolute atomic E-state index is 12.3. The quantitative estimate of drug-likeness (QED) is 0.600. The third-order valence-electron chi connectivity index (χ3n) is 4.98. The first kappa shape index (κ1) is 23.6. The second kappa shape index (κ2) is 11.5. The molecule has 31 heavy (non-hydrogen) atoms. The molecule has 1 aliphatic carbocycles. The Balaban J connectivity index is 1.34. The van der Waals surface area contributed by atoms with Gasteiger partial charge in [0.15, 0.2) is 6.61 Å². The maximum atomic E-state index is 12.3. The normalized spacial score (nSPS) is 19.3. The van der Waals surface area contributed by atoms with Gasteiger partial charge in [0.2, 0.25) is 5.91 Å². The van der Waals surface area contributed by atoms with Gasteiger partial charge in [-0.2, -0.15) is 0 Å². The molecule has 2 amide bonds. The zero-order valence-electron chi connectivity index (χ0n) is 16.8. The van der Waals surface area contributed by atoms with Crippen molar-refractivity contribution in [2.24, 2.45) is 0 Å². The van der Waals surface area contributed by atoms with Crippen LogP contribution < -0.4 is 15.4 Å². The largest absolute Gasteiger partial charge is 0.484 e. The third-order valence-corrected chi connectivity index (χ3v) is 6.81. The van der Waals surface area contributed by atoms with Crippen LogP contribution in [0.15, 0.2) is 53.4 Å². The molecule has 0 heterocycles. The lowest BCUT2D eigenvalue weighted by molar-refractivity contribution is -0.124. The topological polar surface area (TPSA) is 84.5 Å². The van der Waals surface area contributed by atoms with Gasteiger partial charge in [-0.1, -0.05) is 23.2 Å². The summed E-state index contributed by atoms with van der Waals surface area (Å²) in [6, 6.07) is 13.5. The van der Waals surface area contributed by atoms with E-state index in [9.17, 15) is 13.8 Å². The SMILES string of the molecule is O=C(COc1ccc(Cl)cc1)NC1CCC(NC(=O)CS(=O)c2ccc(Cl)cc2)CC1. The lowest BCUT2D eigenvalue weighted by Gasteiger charge is -2.29. The van der Waals surface area contributed by atoms with E-state index in [1.54, 1.807) is 48.5 Å². The monoisotopic (exact) mass is 482 g/mol. The van der Waals surface area contributed by atoms with E-state index in [2.05, 4.69) is 10.6 Å². The van der Waals surface area contributed by atoms with Gasteiger partial charge in [0.05, 0.1) is 10.8 Å². The first-order valence-corrected chi connectivity index (χ1v) is 12.1. The summed E-state index contributed by atoms with van der Waals surface area (Å²) in [7, 11) is -1.41. The smallest absolute Gasteiger partial charge is 0.258 e. The Bertz CT molecular complexity index is 914. The fraction of sp³-hybridized carbons (Fsp3) is 0.364. The van der Waals surface area contributed by atoms with Gasteiger partial charge in [0.25, 0.3) is 5.91 Å². The van der Waals surface area contributed by atoms with Gasteiger partial charge in [-0.15, -0.1) is 0 Å². The van der Waals surface area contributed by atoms with Gasteiger partial charge < -0.3 is 15.4 Å². The Morgan fingerprint density at radius 3 is 1.87 bits per heavy atom. The number of benzene rings is 2. The summed E-state index contributed by atoms with van der Waals surface area (Å²) >= 11 is 11.7. The van der Waals surface area contributed by atoms with Crippen molar-refractivity contribution in [3.8, 4) is 5.75 Å². The molecule has 9 heteroatoms. The van der Waals surface area contributed by atoms with Gasteiger partial charge >= 0.3 is 0 Å². The Hall–Kier alpha value is -2.09. The molecule has 2 N–H and O–H groups in total. The summed E-state index contributed by atoms with van der Waals surface area (Å²) < 4.78 is 17.8. The van der Waals surface area contributed by atoms with Crippen molar-refractivity contribution in [3.05, 3.63) is 58.6 Å². The van der Waals surface area contributed by atoms with Crippen LogP contribution in [0.3, 0.4) is 0 Å². The van der Waals surface area contributed by atoms with Crippen molar-refractivity contribution in [1.82, 2.24) is 10.6 Å². The van der Waals surface area contributed by atoms with Crippen molar-refractivity contribution < 1.29 is 18.5 Å². The average molecular weight is 483 g/mol. The first-order valence-electron chi connectivity index (χ1n) is 10.00. The molecule has 6 nitrogen and oxygen atoms in total. The summed E-state index contributed by atoms with van der Waals surface area (Å²) in [6.07, 6.45) is 3.03. The minimum absolute atomic E-state index is 0.0215. The molecule has 0 spiro atoms. The highest BCUT2D eigenvalue weighted by Gasteiger charge is 2.24. The number of amides is 2. The Labute approximate surface area is 194 Å². The molecule has 166 valence electrons. The fourth-order valence-corrected chi connectivity index (χ4v) is 4.57. The second-order valence-corrected chi connectivity index (χ2v) is 9.69. The standard InChI is InChI=1S/C22H24Cl2N2O4S/c23-15-1-9-19(10-2-15)30-13-21(27)25-17-5-7-18(8-6-17)26-22(28)14-31(29)20-11-3-16(24)4-12-20/h1-4,9-12,17-18H,5-8,13-14H2,(H,25,27)(H,26,28). The summed E-state index contributed by atoms with van der Waals surface area (Å²) in [5.41, 5.74) is 0. The number of ether oxygens (including phenoxy) is 1. The number of carbonyl (C=O) groups excluding carboxylic acids is 2. The third kappa shape index (κ3) is 7.83. The summed E-state index contributed by atoms with van der Waals surface area (Å²) in [4.78, 5) is 24.9. The highest BCUT2D eigenvalue weighted by atomic mass is 35.5. The Morgan fingerprint density at radius 2 is 1.32 bits per heavy atom. The molecule has 1 unspecified atom stereocenters. The predicted octanol–water partition coefficient (Wildman–Crippen LogP) is 3.72. The molecule has 0 bridgehead atoms. The van der Waals surface area contributed by atoms with E-state index < -0.39 is 10.8 Å². The molecular formula is C22H24Cl2N2O4S. The molecule has 1 atom stereocenters. The minimum Gasteiger partial charge on any atom is -0.484 e. The number of hydrogen-bond acceptors (Lipinski definition) is 4. The van der Waals surface area contributed by atoms with Crippen LogP contribution in [-0.4, -0.2) is 40.5 Å². The van der Waals surface area contributed by atoms with Crippen LogP contribution in [0, 0.1) is 0 Å². The number of rotatable bonds is 8. The van der Waals surface area contributed by atoms with Gasteiger partial charge in [-0.25, -0.2) is 0 Å². The van der Waals surface area contributed by atoms with E-state index in [1.807, 2.05) is 0 Å². The molecule has 0 aliphatic heterocycles. The van der Waals surface area contributed by atoms with Crippen molar-refractivity contribution in [2.75, 3.05) is 12.4 Å². The van der Waals surface area contributed by atoms with E-state index in [1.165, 1.54) is 0 Å². The minimum atomic E-state index is -1.41. The van der Waals surface area contributed by atoms with Crippen LogP contribution >= 0.6 is 23.2 Å². The van der Waals surface area contributed by atoms with Gasteiger partial charge in [-0.3, -0.25) is 13.8 Å². The van der Waals surface area contributed by atoms with Crippen LogP contribution in [0.1, 0.15) is 25.7 Å². The molecule has 2 aromatic carbocycles. The van der Waals surface area contributed by atoms with Gasteiger partial charge in [-0.05, 0) is 74.2 Å². The van der Waals surface area contributed by atoms with Crippen molar-refractivity contribution in [2.45, 2.75) is 42.7 Å². The molecule has 1 fully saturated rings. The molecular weight excluding hydrogens is 459 g/mol. The average Bonchev–Trinajstić information content (AvgIpc) is 2.75. The molecule has 1 saturated carbocycles. The zero-order chi connectivity index (χ0) is 22.2. The molecule has 3 rings (SSSR count). The highest BCUT2D eigenvalue weighted by Crippen LogP contribution is 2.19. The second-order valence-electron chi connectivity index (χ2n) is 7.37. The Kier molecular flexibility index (Phi) is 8.75. The van der Waals surface area contributed by atoms with Crippen LogP contribution in [0.5, 0.6) is 5.75 Å². The van der Waals surface area contributed by atoms with Gasteiger partial charge in [0.1, 0.15) is 11.5 Å². The molecule has 0 saturated heterocycles. The lowest BCUT2D eigenvalue weighted by atomic mass is 9.91. The van der Waals surface area contributed by atoms with Crippen LogP contribution in [-0.2, 0) is 20.4 Å². The van der Waals surface area contributed by atoms with Crippen molar-refractivity contribution in [1.29, 1.82) is 0 Å². The number of carbonyl (C=O) groups is 2. The first-order chi connectivity index (χ1) is 14.9. The van der Waals surface area contributed by atoms with Crippen LogP contribution in [0.4, 0.5) is 0 Å². The highest BCUT2D eigenvalue weighted by molar-refractivity contribution is 7.85. The number of halogens is 2. The zero-order valence-corrected chi connectivity index (χ0v) is 19.1. The predicted molar refractivity (Wildman–Crippen MR) is 122 cm³/mol. The van der Waals surface area contributed by atoms with Gasteiger partial charge in [0, 0.05) is 27.0 Å². The van der Waals surface area contributed by atoms with E-state index in [0.29, 0.717) is 20.7 Å². The van der Waals surface area contributed by atoms with Crippen molar-refractivity contribution in [3.63, 3.8) is 0 Å². The Morgan fingerprint density at radius 1 is 0.839 bits per heavy atom. The van der Waals surface area contributed by atoms with Crippen LogP contribution in [0.2, 0.25) is 10.0 Å². The van der Waals surface area contributed by atoms with E-state index in [-0.39, 0.29) is 36.3 Å². The van der Waals surface area contributed by atoms with E-state index in [0.717, 1.165) is 25.7 Å². The van der Waals surface area contributed by atoms with E-state index >= 15 is 0 Å². The van der Waals surface area contributed by atoms with Crippen LogP contribution in [0.25, 0.3) is 0 Å². The summed E-state index contributed by atoms with van der Waals surface area (Å²) in [5, 5.41) is 7.09. The maximum Gasteiger partial charge on any atom is 0.258 e. The molecule has 2 aromatic rings. The number of nitrogens with one attached hydrogen (secondary N) is 2. The summed E-state index contributed by atoms with van der Waals surface area (Å²) in [5.74, 6) is 0.0836. The fourth-order valence-electron chi connectivity index (χ4n) is 3.39. The van der Waals surface area contributed by atoms with E-state index in [4.69, 9.17) is 27.9 Å². The summed E-state index contributed by atoms with van der Waals surface area (Å²) in [6.45, 7) is -0.0607.